The number of benzene rings is 1. The van der Waals surface area contributed by atoms with Gasteiger partial charge in [-0.3, -0.25) is 0 Å². The predicted molar refractivity (Wildman–Crippen MR) is 89.1 cm³/mol. The normalized spacial score (nSPS) is 15.5. The lowest BCUT2D eigenvalue weighted by Crippen LogP contribution is -2.25. The summed E-state index contributed by atoms with van der Waals surface area (Å²) in [6, 6.07) is 5.55. The highest BCUT2D eigenvalue weighted by Crippen LogP contribution is 2.45. The van der Waals surface area contributed by atoms with Crippen LogP contribution in [0.2, 0.25) is 10.0 Å². The Bertz CT molecular complexity index is 694. The van der Waals surface area contributed by atoms with E-state index in [0.29, 0.717) is 21.8 Å². The second-order valence-corrected chi connectivity index (χ2v) is 7.37. The minimum absolute atomic E-state index is 0.113. The van der Waals surface area contributed by atoms with Gasteiger partial charge < -0.3 is 10.3 Å². The average molecular weight is 324 g/mol. The molecule has 21 heavy (non-hydrogen) atoms. The summed E-state index contributed by atoms with van der Waals surface area (Å²) in [4.78, 5) is 4.81. The molecule has 1 fully saturated rings. The SMILES string of the molecule is CC(C)(C)n1c(C2CC2)nc(-c2cccc(Cl)c2Cl)c1N. The zero-order chi connectivity index (χ0) is 15.4. The van der Waals surface area contributed by atoms with Crippen LogP contribution in [0.4, 0.5) is 5.82 Å². The molecule has 0 spiro atoms. The number of nitrogens with two attached hydrogens (primary N) is 1. The van der Waals surface area contributed by atoms with Gasteiger partial charge in [-0.05, 0) is 39.7 Å². The van der Waals surface area contributed by atoms with Crippen molar-refractivity contribution >= 4 is 29.0 Å². The van der Waals surface area contributed by atoms with E-state index in [0.717, 1.165) is 17.1 Å². The number of nitrogen functional groups attached to an aromatic ring is 1. The standard InChI is InChI=1S/C16H19Cl2N3/c1-16(2,3)21-14(19)13(20-15(21)9-7-8-9)10-5-4-6-11(17)12(10)18/h4-6,9H,7-8,19H2,1-3H3. The van der Waals surface area contributed by atoms with Gasteiger partial charge in [-0.25, -0.2) is 4.98 Å². The molecule has 0 saturated heterocycles. The van der Waals surface area contributed by atoms with Gasteiger partial charge in [-0.15, -0.1) is 0 Å². The van der Waals surface area contributed by atoms with Crippen LogP contribution in [-0.2, 0) is 5.54 Å². The Balaban J connectivity index is 2.23. The lowest BCUT2D eigenvalue weighted by atomic mass is 10.1. The molecular weight excluding hydrogens is 305 g/mol. The van der Waals surface area contributed by atoms with Crippen LogP contribution in [0.15, 0.2) is 18.2 Å². The molecule has 1 saturated carbocycles. The summed E-state index contributed by atoms with van der Waals surface area (Å²) in [5.74, 6) is 2.23. The van der Waals surface area contributed by atoms with Crippen molar-refractivity contribution < 1.29 is 0 Å². The molecule has 1 heterocycles. The van der Waals surface area contributed by atoms with E-state index in [4.69, 9.17) is 33.9 Å². The van der Waals surface area contributed by atoms with Gasteiger partial charge >= 0.3 is 0 Å². The van der Waals surface area contributed by atoms with Gasteiger partial charge in [0.25, 0.3) is 0 Å². The van der Waals surface area contributed by atoms with Crippen molar-refractivity contribution in [1.82, 2.24) is 9.55 Å². The molecule has 2 N–H and O–H groups in total. The lowest BCUT2D eigenvalue weighted by Gasteiger charge is -2.25. The number of hydrogen-bond acceptors (Lipinski definition) is 2. The van der Waals surface area contributed by atoms with Crippen molar-refractivity contribution in [3.8, 4) is 11.3 Å². The fourth-order valence-electron chi connectivity index (χ4n) is 2.66. The van der Waals surface area contributed by atoms with Crippen LogP contribution in [0.3, 0.4) is 0 Å². The number of nitrogens with zero attached hydrogens (tertiary/aromatic N) is 2. The first-order valence-electron chi connectivity index (χ1n) is 7.13. The number of imidazole rings is 1. The third-order valence-corrected chi connectivity index (χ3v) is 4.58. The Morgan fingerprint density at radius 1 is 1.24 bits per heavy atom. The van der Waals surface area contributed by atoms with Gasteiger partial charge in [0, 0.05) is 17.0 Å². The maximum Gasteiger partial charge on any atom is 0.132 e. The molecular formula is C16H19Cl2N3. The summed E-state index contributed by atoms with van der Waals surface area (Å²) < 4.78 is 2.14. The largest absolute Gasteiger partial charge is 0.383 e. The van der Waals surface area contributed by atoms with Crippen LogP contribution in [0.1, 0.15) is 45.4 Å². The highest BCUT2D eigenvalue weighted by molar-refractivity contribution is 6.43. The summed E-state index contributed by atoms with van der Waals surface area (Å²) >= 11 is 12.5. The first kappa shape index (κ1) is 14.7. The Morgan fingerprint density at radius 2 is 1.90 bits per heavy atom. The van der Waals surface area contributed by atoms with Crippen LogP contribution in [0.25, 0.3) is 11.3 Å². The second kappa shape index (κ2) is 4.92. The third-order valence-electron chi connectivity index (χ3n) is 3.76. The molecule has 3 rings (SSSR count). The van der Waals surface area contributed by atoms with Gasteiger partial charge in [-0.1, -0.05) is 35.3 Å². The molecule has 0 bridgehead atoms. The van der Waals surface area contributed by atoms with Gasteiger partial charge in [0.1, 0.15) is 17.3 Å². The Labute approximate surface area is 135 Å². The van der Waals surface area contributed by atoms with E-state index in [1.54, 1.807) is 6.07 Å². The number of aromatic nitrogens is 2. The maximum absolute atomic E-state index is 6.41. The molecule has 0 amide bonds. The molecule has 1 aliphatic rings. The van der Waals surface area contributed by atoms with Gasteiger partial charge in [0.15, 0.2) is 0 Å². The van der Waals surface area contributed by atoms with Crippen molar-refractivity contribution in [2.45, 2.75) is 45.1 Å². The van der Waals surface area contributed by atoms with E-state index in [-0.39, 0.29) is 5.54 Å². The molecule has 5 heteroatoms. The molecule has 0 unspecified atom stereocenters. The minimum atomic E-state index is -0.113. The average Bonchev–Trinajstić information content (AvgIpc) is 3.16. The van der Waals surface area contributed by atoms with Crippen molar-refractivity contribution in [2.24, 2.45) is 0 Å². The van der Waals surface area contributed by atoms with Gasteiger partial charge in [0.05, 0.1) is 10.0 Å². The van der Waals surface area contributed by atoms with Crippen LogP contribution < -0.4 is 5.73 Å². The fourth-order valence-corrected chi connectivity index (χ4v) is 3.05. The molecule has 1 aromatic heterocycles. The smallest absolute Gasteiger partial charge is 0.132 e. The van der Waals surface area contributed by atoms with Crippen LogP contribution in [-0.4, -0.2) is 9.55 Å². The topological polar surface area (TPSA) is 43.8 Å². The first-order valence-corrected chi connectivity index (χ1v) is 7.89. The summed E-state index contributed by atoms with van der Waals surface area (Å²) in [5, 5.41) is 1.03. The Hall–Kier alpha value is -1.19. The molecule has 0 aliphatic heterocycles. The number of rotatable bonds is 2. The van der Waals surface area contributed by atoms with E-state index < -0.39 is 0 Å². The number of hydrogen-bond donors (Lipinski definition) is 1. The Morgan fingerprint density at radius 3 is 2.48 bits per heavy atom. The van der Waals surface area contributed by atoms with Crippen LogP contribution in [0, 0.1) is 0 Å². The quantitative estimate of drug-likeness (QED) is 0.838. The molecule has 0 atom stereocenters. The fraction of sp³-hybridized carbons (Fsp3) is 0.438. The van der Waals surface area contributed by atoms with Crippen molar-refractivity contribution in [2.75, 3.05) is 5.73 Å². The maximum atomic E-state index is 6.41. The highest BCUT2D eigenvalue weighted by Gasteiger charge is 2.34. The lowest BCUT2D eigenvalue weighted by molar-refractivity contribution is 0.388. The van der Waals surface area contributed by atoms with Gasteiger partial charge in [0.2, 0.25) is 0 Å². The highest BCUT2D eigenvalue weighted by atomic mass is 35.5. The number of halogens is 2. The van der Waals surface area contributed by atoms with Crippen LogP contribution in [0.5, 0.6) is 0 Å². The zero-order valence-corrected chi connectivity index (χ0v) is 14.0. The van der Waals surface area contributed by atoms with Crippen molar-refractivity contribution in [1.29, 1.82) is 0 Å². The first-order chi connectivity index (χ1) is 9.80. The minimum Gasteiger partial charge on any atom is -0.383 e. The van der Waals surface area contributed by atoms with E-state index >= 15 is 0 Å². The van der Waals surface area contributed by atoms with Crippen LogP contribution >= 0.6 is 23.2 Å². The van der Waals surface area contributed by atoms with E-state index in [1.165, 1.54) is 12.8 Å². The van der Waals surface area contributed by atoms with E-state index in [1.807, 2.05) is 12.1 Å². The van der Waals surface area contributed by atoms with E-state index in [2.05, 4.69) is 25.3 Å². The predicted octanol–water partition coefficient (Wildman–Crippen LogP) is 5.07. The third kappa shape index (κ3) is 2.53. The molecule has 1 aliphatic carbocycles. The van der Waals surface area contributed by atoms with Gasteiger partial charge in [-0.2, -0.15) is 0 Å². The monoisotopic (exact) mass is 323 g/mol. The summed E-state index contributed by atoms with van der Waals surface area (Å²) in [6.45, 7) is 6.42. The zero-order valence-electron chi connectivity index (χ0n) is 12.5. The molecule has 112 valence electrons. The summed E-state index contributed by atoms with van der Waals surface area (Å²) in [6.07, 6.45) is 2.35. The summed E-state index contributed by atoms with van der Waals surface area (Å²) in [5.41, 5.74) is 7.83. The van der Waals surface area contributed by atoms with Crippen molar-refractivity contribution in [3.05, 3.63) is 34.1 Å². The van der Waals surface area contributed by atoms with Crippen molar-refractivity contribution in [3.63, 3.8) is 0 Å². The molecule has 3 nitrogen and oxygen atoms in total. The second-order valence-electron chi connectivity index (χ2n) is 6.59. The van der Waals surface area contributed by atoms with E-state index in [9.17, 15) is 0 Å². The molecule has 0 radical (unpaired) electrons. The summed E-state index contributed by atoms with van der Waals surface area (Å²) in [7, 11) is 0. The number of anilines is 1. The Kier molecular flexibility index (Phi) is 3.45. The molecule has 1 aromatic carbocycles. The molecule has 2 aromatic rings.